The van der Waals surface area contributed by atoms with E-state index in [9.17, 15) is 4.79 Å². The fourth-order valence-corrected chi connectivity index (χ4v) is 1.55. The van der Waals surface area contributed by atoms with Crippen molar-refractivity contribution in [3.63, 3.8) is 0 Å². The highest BCUT2D eigenvalue weighted by atomic mass is 79.9. The van der Waals surface area contributed by atoms with Crippen molar-refractivity contribution in [3.05, 3.63) is 28.5 Å². The number of aromatic nitrogens is 1. The van der Waals surface area contributed by atoms with Gasteiger partial charge in [0.1, 0.15) is 0 Å². The first-order valence-electron chi connectivity index (χ1n) is 5.11. The summed E-state index contributed by atoms with van der Waals surface area (Å²) < 4.78 is 0.935. The van der Waals surface area contributed by atoms with E-state index in [1.54, 1.807) is 6.20 Å². The maximum absolute atomic E-state index is 11.5. The van der Waals surface area contributed by atoms with E-state index in [0.29, 0.717) is 6.42 Å². The number of nitrogens with one attached hydrogen (secondary N) is 1. The molecule has 0 unspecified atom stereocenters. The van der Waals surface area contributed by atoms with Crippen molar-refractivity contribution in [3.8, 4) is 0 Å². The summed E-state index contributed by atoms with van der Waals surface area (Å²) in [6, 6.07) is 3.76. The number of carbonyl (C=O) groups is 1. The number of hydrogen-bond donors (Lipinski definition) is 1. The third-order valence-corrected chi connectivity index (χ3v) is 2.88. The molecule has 1 heterocycles. The predicted molar refractivity (Wildman–Crippen MR) is 61.4 cm³/mol. The Hall–Kier alpha value is -0.900. The molecule has 1 aliphatic carbocycles. The normalized spacial score (nSPS) is 15.0. The molecule has 0 saturated heterocycles. The lowest BCUT2D eigenvalue weighted by atomic mass is 10.2. The van der Waals surface area contributed by atoms with E-state index in [2.05, 4.69) is 26.2 Å². The van der Waals surface area contributed by atoms with Gasteiger partial charge in [0.2, 0.25) is 5.91 Å². The lowest BCUT2D eigenvalue weighted by Crippen LogP contribution is -2.27. The van der Waals surface area contributed by atoms with Crippen LogP contribution in [0.4, 0.5) is 0 Å². The molecule has 0 aromatic carbocycles. The molecule has 1 amide bonds. The van der Waals surface area contributed by atoms with Gasteiger partial charge in [-0.15, -0.1) is 0 Å². The third kappa shape index (κ3) is 3.63. The van der Waals surface area contributed by atoms with Crippen LogP contribution < -0.4 is 5.32 Å². The van der Waals surface area contributed by atoms with Crippen LogP contribution in [0.3, 0.4) is 0 Å². The average molecular weight is 269 g/mol. The van der Waals surface area contributed by atoms with Crippen molar-refractivity contribution in [1.29, 1.82) is 0 Å². The van der Waals surface area contributed by atoms with Crippen LogP contribution in [-0.2, 0) is 11.2 Å². The highest BCUT2D eigenvalue weighted by Crippen LogP contribution is 2.27. The van der Waals surface area contributed by atoms with E-state index in [4.69, 9.17) is 0 Å². The van der Waals surface area contributed by atoms with Crippen molar-refractivity contribution >= 4 is 21.8 Å². The minimum Gasteiger partial charge on any atom is -0.355 e. The summed E-state index contributed by atoms with van der Waals surface area (Å²) in [5.41, 5.74) is 0.812. The lowest BCUT2D eigenvalue weighted by Gasteiger charge is -2.03. The number of pyridine rings is 1. The minimum atomic E-state index is 0.0664. The zero-order valence-electron chi connectivity index (χ0n) is 8.37. The quantitative estimate of drug-likeness (QED) is 0.907. The van der Waals surface area contributed by atoms with Gasteiger partial charge < -0.3 is 5.32 Å². The number of amides is 1. The molecule has 1 fully saturated rings. The molecule has 15 heavy (non-hydrogen) atoms. The van der Waals surface area contributed by atoms with Crippen molar-refractivity contribution < 1.29 is 4.79 Å². The monoisotopic (exact) mass is 268 g/mol. The first kappa shape index (κ1) is 10.6. The van der Waals surface area contributed by atoms with Crippen LogP contribution in [0.2, 0.25) is 0 Å². The van der Waals surface area contributed by atoms with Gasteiger partial charge in [-0.3, -0.25) is 9.78 Å². The van der Waals surface area contributed by atoms with Crippen LogP contribution in [0.1, 0.15) is 18.5 Å². The summed E-state index contributed by atoms with van der Waals surface area (Å²) in [7, 11) is 0. The maximum Gasteiger partial charge on any atom is 0.226 e. The van der Waals surface area contributed by atoms with Gasteiger partial charge in [-0.1, -0.05) is 0 Å². The molecule has 0 spiro atoms. The summed E-state index contributed by atoms with van der Waals surface area (Å²) in [5, 5.41) is 2.92. The average Bonchev–Trinajstić information content (AvgIpc) is 3.02. The van der Waals surface area contributed by atoms with Crippen LogP contribution in [0, 0.1) is 5.92 Å². The van der Waals surface area contributed by atoms with Crippen molar-refractivity contribution in [2.45, 2.75) is 19.3 Å². The predicted octanol–water partition coefficient (Wildman–Crippen LogP) is 1.91. The Morgan fingerprint density at radius 3 is 2.93 bits per heavy atom. The Labute approximate surface area is 97.4 Å². The molecule has 0 atom stereocenters. The Kier molecular flexibility index (Phi) is 3.36. The second kappa shape index (κ2) is 4.75. The van der Waals surface area contributed by atoms with Crippen LogP contribution in [-0.4, -0.2) is 17.4 Å². The fraction of sp³-hybridized carbons (Fsp3) is 0.455. The second-order valence-corrected chi connectivity index (χ2v) is 4.81. The van der Waals surface area contributed by atoms with Crippen molar-refractivity contribution in [2.24, 2.45) is 5.92 Å². The molecule has 3 nitrogen and oxygen atoms in total. The molecule has 1 aromatic rings. The van der Waals surface area contributed by atoms with Crippen molar-refractivity contribution in [1.82, 2.24) is 10.3 Å². The summed E-state index contributed by atoms with van der Waals surface area (Å²) in [5.74, 6) is 0.795. The first-order valence-corrected chi connectivity index (χ1v) is 5.90. The van der Waals surface area contributed by atoms with Gasteiger partial charge in [-0.25, -0.2) is 0 Å². The van der Waals surface area contributed by atoms with E-state index in [-0.39, 0.29) is 5.91 Å². The fourth-order valence-electron chi connectivity index (χ4n) is 1.32. The molecule has 1 N–H and O–H groups in total. The highest BCUT2D eigenvalue weighted by Gasteiger charge is 2.21. The molecule has 4 heteroatoms. The molecular weight excluding hydrogens is 256 g/mol. The van der Waals surface area contributed by atoms with Gasteiger partial charge in [-0.05, 0) is 46.8 Å². The van der Waals surface area contributed by atoms with Gasteiger partial charge in [0.15, 0.2) is 0 Å². The number of halogens is 1. The molecule has 0 aliphatic heterocycles. The molecule has 2 rings (SSSR count). The van der Waals surface area contributed by atoms with Crippen LogP contribution in [0.25, 0.3) is 0 Å². The number of rotatable bonds is 4. The van der Waals surface area contributed by atoms with E-state index in [1.807, 2.05) is 12.1 Å². The number of carbonyl (C=O) groups excluding carboxylic acids is 1. The van der Waals surface area contributed by atoms with E-state index in [0.717, 1.165) is 22.6 Å². The summed E-state index contributed by atoms with van der Waals surface area (Å²) in [6.07, 6.45) is 4.61. The lowest BCUT2D eigenvalue weighted by molar-refractivity contribution is -0.120. The van der Waals surface area contributed by atoms with Gasteiger partial charge in [0.05, 0.1) is 6.42 Å². The molecule has 1 aliphatic rings. The zero-order valence-corrected chi connectivity index (χ0v) is 9.96. The van der Waals surface area contributed by atoms with Gasteiger partial charge in [0, 0.05) is 22.9 Å². The van der Waals surface area contributed by atoms with Gasteiger partial charge >= 0.3 is 0 Å². The number of hydrogen-bond acceptors (Lipinski definition) is 2. The Balaban J connectivity index is 1.79. The third-order valence-electron chi connectivity index (χ3n) is 2.42. The molecular formula is C11H13BrN2O. The summed E-state index contributed by atoms with van der Waals surface area (Å²) in [4.78, 5) is 15.6. The minimum absolute atomic E-state index is 0.0664. The topological polar surface area (TPSA) is 42.0 Å². The molecule has 0 bridgehead atoms. The molecule has 1 aromatic heterocycles. The summed E-state index contributed by atoms with van der Waals surface area (Å²) in [6.45, 7) is 0.829. The largest absolute Gasteiger partial charge is 0.355 e. The van der Waals surface area contributed by atoms with E-state index < -0.39 is 0 Å². The Morgan fingerprint density at radius 2 is 2.33 bits per heavy atom. The SMILES string of the molecule is O=C(Cc1ccc(Br)cn1)NCC1CC1. The smallest absolute Gasteiger partial charge is 0.226 e. The maximum atomic E-state index is 11.5. The van der Waals surface area contributed by atoms with Crippen LogP contribution >= 0.6 is 15.9 Å². The van der Waals surface area contributed by atoms with Crippen molar-refractivity contribution in [2.75, 3.05) is 6.54 Å². The number of nitrogens with zero attached hydrogens (tertiary/aromatic N) is 1. The van der Waals surface area contributed by atoms with Crippen LogP contribution in [0.5, 0.6) is 0 Å². The first-order chi connectivity index (χ1) is 7.24. The molecule has 80 valence electrons. The van der Waals surface area contributed by atoms with Crippen LogP contribution in [0.15, 0.2) is 22.8 Å². The second-order valence-electron chi connectivity index (χ2n) is 3.89. The zero-order chi connectivity index (χ0) is 10.7. The highest BCUT2D eigenvalue weighted by molar-refractivity contribution is 9.10. The van der Waals surface area contributed by atoms with E-state index in [1.165, 1.54) is 12.8 Å². The van der Waals surface area contributed by atoms with Gasteiger partial charge in [0.25, 0.3) is 0 Å². The van der Waals surface area contributed by atoms with Gasteiger partial charge in [-0.2, -0.15) is 0 Å². The Bertz CT molecular complexity index is 346. The molecule has 1 saturated carbocycles. The summed E-state index contributed by atoms with van der Waals surface area (Å²) >= 11 is 3.31. The molecule has 0 radical (unpaired) electrons. The Morgan fingerprint density at radius 1 is 1.53 bits per heavy atom. The van der Waals surface area contributed by atoms with E-state index >= 15 is 0 Å². The standard InChI is InChI=1S/C11H13BrN2O/c12-9-3-4-10(13-7-9)5-11(15)14-6-8-1-2-8/h3-4,7-8H,1-2,5-6H2,(H,14,15).